The lowest BCUT2D eigenvalue weighted by molar-refractivity contribution is 0.187. The fourth-order valence-corrected chi connectivity index (χ4v) is 3.28. The van der Waals surface area contributed by atoms with Crippen molar-refractivity contribution in [2.45, 2.75) is 32.0 Å². The largest absolute Gasteiger partial charge is 0.468 e. The van der Waals surface area contributed by atoms with E-state index in [1.54, 1.807) is 12.5 Å². The maximum absolute atomic E-state index is 5.63. The van der Waals surface area contributed by atoms with Crippen LogP contribution in [0, 0.1) is 0 Å². The summed E-state index contributed by atoms with van der Waals surface area (Å²) in [6, 6.07) is 14.5. The summed E-state index contributed by atoms with van der Waals surface area (Å²) < 4.78 is 11.0. The van der Waals surface area contributed by atoms with Crippen molar-refractivity contribution in [3.05, 3.63) is 66.4 Å². The SMILES string of the molecule is c1ccc(-c2nc(CN3CCC(NCc4ccco4)CC3)co2)cc1. The summed E-state index contributed by atoms with van der Waals surface area (Å²) in [6.07, 6.45) is 5.79. The Morgan fingerprint density at radius 2 is 1.88 bits per heavy atom. The van der Waals surface area contributed by atoms with Gasteiger partial charge in [-0.3, -0.25) is 4.90 Å². The summed E-state index contributed by atoms with van der Waals surface area (Å²) in [6.45, 7) is 3.80. The maximum atomic E-state index is 5.63. The van der Waals surface area contributed by atoms with Crippen molar-refractivity contribution in [3.8, 4) is 11.5 Å². The normalized spacial score (nSPS) is 16.3. The fraction of sp³-hybridized carbons (Fsp3) is 0.350. The van der Waals surface area contributed by atoms with Crippen LogP contribution >= 0.6 is 0 Å². The molecule has 1 aliphatic rings. The fourth-order valence-electron chi connectivity index (χ4n) is 3.28. The first-order valence-corrected chi connectivity index (χ1v) is 8.85. The Hall–Kier alpha value is -2.37. The van der Waals surface area contributed by atoms with Crippen LogP contribution in [0.15, 0.2) is 63.8 Å². The number of nitrogens with zero attached hydrogens (tertiary/aromatic N) is 2. The predicted molar refractivity (Wildman–Crippen MR) is 95.8 cm³/mol. The molecule has 1 N–H and O–H groups in total. The molecule has 4 rings (SSSR count). The number of aromatic nitrogens is 1. The van der Waals surface area contributed by atoms with Crippen molar-refractivity contribution >= 4 is 0 Å². The molecule has 0 aliphatic carbocycles. The van der Waals surface area contributed by atoms with Gasteiger partial charge in [-0.2, -0.15) is 0 Å². The van der Waals surface area contributed by atoms with Gasteiger partial charge in [0.25, 0.3) is 0 Å². The van der Waals surface area contributed by atoms with Gasteiger partial charge in [-0.15, -0.1) is 0 Å². The summed E-state index contributed by atoms with van der Waals surface area (Å²) in [4.78, 5) is 7.07. The molecule has 0 unspecified atom stereocenters. The maximum Gasteiger partial charge on any atom is 0.226 e. The van der Waals surface area contributed by atoms with E-state index >= 15 is 0 Å². The van der Waals surface area contributed by atoms with Crippen LogP contribution in [-0.4, -0.2) is 29.0 Å². The standard InChI is InChI=1S/C20H23N3O2/c1-2-5-16(6-3-1)20-22-18(15-25-20)14-23-10-8-17(9-11-23)21-13-19-7-4-12-24-19/h1-7,12,15,17,21H,8-11,13-14H2. The highest BCUT2D eigenvalue weighted by Crippen LogP contribution is 2.20. The molecule has 0 saturated carbocycles. The molecule has 130 valence electrons. The number of piperidine rings is 1. The average molecular weight is 337 g/mol. The molecule has 3 heterocycles. The lowest BCUT2D eigenvalue weighted by Crippen LogP contribution is -2.41. The van der Waals surface area contributed by atoms with Gasteiger partial charge in [0.2, 0.25) is 5.89 Å². The van der Waals surface area contributed by atoms with Gasteiger partial charge in [0.1, 0.15) is 12.0 Å². The van der Waals surface area contributed by atoms with Gasteiger partial charge in [0, 0.05) is 31.2 Å². The number of likely N-dealkylation sites (tertiary alicyclic amines) is 1. The van der Waals surface area contributed by atoms with Crippen LogP contribution in [0.25, 0.3) is 11.5 Å². The van der Waals surface area contributed by atoms with Crippen molar-refractivity contribution in [2.24, 2.45) is 0 Å². The van der Waals surface area contributed by atoms with Crippen molar-refractivity contribution in [2.75, 3.05) is 13.1 Å². The molecule has 1 aromatic carbocycles. The molecular weight excluding hydrogens is 314 g/mol. The van der Waals surface area contributed by atoms with Crippen LogP contribution in [0.4, 0.5) is 0 Å². The number of hydrogen-bond donors (Lipinski definition) is 1. The van der Waals surface area contributed by atoms with Gasteiger partial charge in [-0.1, -0.05) is 18.2 Å². The Morgan fingerprint density at radius 3 is 2.64 bits per heavy atom. The highest BCUT2D eigenvalue weighted by molar-refractivity contribution is 5.52. The number of benzene rings is 1. The summed E-state index contributed by atoms with van der Waals surface area (Å²) in [5.74, 6) is 1.70. The third-order valence-corrected chi connectivity index (χ3v) is 4.69. The van der Waals surface area contributed by atoms with E-state index in [1.807, 2.05) is 42.5 Å². The van der Waals surface area contributed by atoms with Crippen molar-refractivity contribution < 1.29 is 8.83 Å². The molecule has 1 fully saturated rings. The Morgan fingerprint density at radius 1 is 1.04 bits per heavy atom. The quantitative estimate of drug-likeness (QED) is 0.743. The van der Waals surface area contributed by atoms with Crippen LogP contribution in [0.5, 0.6) is 0 Å². The second-order valence-electron chi connectivity index (χ2n) is 6.52. The first-order valence-electron chi connectivity index (χ1n) is 8.85. The third-order valence-electron chi connectivity index (χ3n) is 4.69. The zero-order chi connectivity index (χ0) is 16.9. The van der Waals surface area contributed by atoms with E-state index in [4.69, 9.17) is 8.83 Å². The van der Waals surface area contributed by atoms with Crippen LogP contribution in [0.3, 0.4) is 0 Å². The van der Waals surface area contributed by atoms with E-state index < -0.39 is 0 Å². The molecule has 0 radical (unpaired) electrons. The van der Waals surface area contributed by atoms with Crippen molar-refractivity contribution in [3.63, 3.8) is 0 Å². The first-order chi connectivity index (χ1) is 12.4. The van der Waals surface area contributed by atoms with Crippen LogP contribution < -0.4 is 5.32 Å². The molecule has 0 bridgehead atoms. The molecule has 5 heteroatoms. The van der Waals surface area contributed by atoms with Crippen molar-refractivity contribution in [1.82, 2.24) is 15.2 Å². The van der Waals surface area contributed by atoms with Gasteiger partial charge in [-0.05, 0) is 37.1 Å². The van der Waals surface area contributed by atoms with E-state index in [0.717, 1.165) is 56.0 Å². The van der Waals surface area contributed by atoms with Crippen LogP contribution in [0.2, 0.25) is 0 Å². The van der Waals surface area contributed by atoms with Gasteiger partial charge in [0.15, 0.2) is 0 Å². The second-order valence-corrected chi connectivity index (χ2v) is 6.52. The van der Waals surface area contributed by atoms with E-state index in [-0.39, 0.29) is 0 Å². The number of hydrogen-bond acceptors (Lipinski definition) is 5. The van der Waals surface area contributed by atoms with Gasteiger partial charge in [0.05, 0.1) is 18.5 Å². The Balaban J connectivity index is 1.25. The minimum Gasteiger partial charge on any atom is -0.468 e. The number of furan rings is 1. The minimum atomic E-state index is 0.554. The zero-order valence-electron chi connectivity index (χ0n) is 14.2. The molecule has 3 aromatic rings. The number of oxazole rings is 1. The molecule has 25 heavy (non-hydrogen) atoms. The molecular formula is C20H23N3O2. The molecule has 0 spiro atoms. The molecule has 1 saturated heterocycles. The Kier molecular flexibility index (Phi) is 4.95. The second kappa shape index (κ2) is 7.68. The Bertz CT molecular complexity index is 759. The van der Waals surface area contributed by atoms with Gasteiger partial charge >= 0.3 is 0 Å². The highest BCUT2D eigenvalue weighted by Gasteiger charge is 2.20. The number of nitrogens with one attached hydrogen (secondary N) is 1. The lowest BCUT2D eigenvalue weighted by atomic mass is 10.0. The minimum absolute atomic E-state index is 0.554. The topological polar surface area (TPSA) is 54.4 Å². The van der Waals surface area contributed by atoms with E-state index in [9.17, 15) is 0 Å². The first kappa shape index (κ1) is 16.1. The van der Waals surface area contributed by atoms with E-state index in [2.05, 4.69) is 15.2 Å². The summed E-state index contributed by atoms with van der Waals surface area (Å²) in [7, 11) is 0. The van der Waals surface area contributed by atoms with Crippen LogP contribution in [0.1, 0.15) is 24.3 Å². The number of rotatable bonds is 6. The molecule has 1 aliphatic heterocycles. The predicted octanol–water partition coefficient (Wildman–Crippen LogP) is 3.69. The molecule has 5 nitrogen and oxygen atoms in total. The lowest BCUT2D eigenvalue weighted by Gasteiger charge is -2.31. The molecule has 0 amide bonds. The average Bonchev–Trinajstić information content (AvgIpc) is 3.34. The van der Waals surface area contributed by atoms with Crippen molar-refractivity contribution in [1.29, 1.82) is 0 Å². The summed E-state index contributed by atoms with van der Waals surface area (Å²) >= 11 is 0. The molecule has 2 aromatic heterocycles. The smallest absolute Gasteiger partial charge is 0.226 e. The summed E-state index contributed by atoms with van der Waals surface area (Å²) in [5.41, 5.74) is 2.02. The highest BCUT2D eigenvalue weighted by atomic mass is 16.3. The monoisotopic (exact) mass is 337 g/mol. The summed E-state index contributed by atoms with van der Waals surface area (Å²) in [5, 5.41) is 3.58. The Labute approximate surface area is 147 Å². The van der Waals surface area contributed by atoms with E-state index in [1.165, 1.54) is 0 Å². The van der Waals surface area contributed by atoms with Gasteiger partial charge in [-0.25, -0.2) is 4.98 Å². The molecule has 0 atom stereocenters. The third kappa shape index (κ3) is 4.18. The van der Waals surface area contributed by atoms with Crippen LogP contribution in [-0.2, 0) is 13.1 Å². The van der Waals surface area contributed by atoms with E-state index in [0.29, 0.717) is 11.9 Å². The van der Waals surface area contributed by atoms with Gasteiger partial charge < -0.3 is 14.2 Å². The zero-order valence-corrected chi connectivity index (χ0v) is 14.2.